The Kier molecular flexibility index (Phi) is 6.02. The van der Waals surface area contributed by atoms with E-state index in [0.29, 0.717) is 0 Å². The SMILES string of the molecule is c1ccc2cc(-c3ccc(-c4cccc5c4c4cccc6c7c(-c8ccc(-c9ccc%10ccccc%10c9)cc8)cccc7n5c46)cc3)ccc2c1. The first-order valence-corrected chi connectivity index (χ1v) is 17.7. The van der Waals surface area contributed by atoms with Crippen molar-refractivity contribution in [3.05, 3.63) is 188 Å². The van der Waals surface area contributed by atoms with Crippen LogP contribution in [0.15, 0.2) is 188 Å². The van der Waals surface area contributed by atoms with E-state index >= 15 is 0 Å². The van der Waals surface area contributed by atoms with E-state index in [0.717, 1.165) is 0 Å². The lowest BCUT2D eigenvalue weighted by Gasteiger charge is -2.10. The van der Waals surface area contributed by atoms with E-state index < -0.39 is 0 Å². The Bertz CT molecular complexity index is 2900. The van der Waals surface area contributed by atoms with Crippen molar-refractivity contribution in [1.82, 2.24) is 4.40 Å². The first-order valence-electron chi connectivity index (χ1n) is 17.7. The highest BCUT2D eigenvalue weighted by Gasteiger charge is 2.21. The van der Waals surface area contributed by atoms with Gasteiger partial charge in [0.1, 0.15) is 0 Å². The highest BCUT2D eigenvalue weighted by Crippen LogP contribution is 2.45. The Morgan fingerprint density at radius 2 is 0.667 bits per heavy atom. The molecule has 11 rings (SSSR count). The average molecular weight is 646 g/mol. The molecule has 0 aliphatic rings. The van der Waals surface area contributed by atoms with Crippen LogP contribution in [0.1, 0.15) is 0 Å². The summed E-state index contributed by atoms with van der Waals surface area (Å²) in [6.07, 6.45) is 0. The number of nitrogens with zero attached hydrogens (tertiary/aromatic N) is 1. The maximum atomic E-state index is 2.50. The second kappa shape index (κ2) is 10.9. The topological polar surface area (TPSA) is 4.41 Å². The van der Waals surface area contributed by atoms with Gasteiger partial charge in [-0.25, -0.2) is 0 Å². The quantitative estimate of drug-likeness (QED) is 0.179. The van der Waals surface area contributed by atoms with Gasteiger partial charge in [-0.15, -0.1) is 0 Å². The van der Waals surface area contributed by atoms with Crippen LogP contribution in [0.5, 0.6) is 0 Å². The van der Waals surface area contributed by atoms with Crippen LogP contribution in [0.3, 0.4) is 0 Å². The molecule has 236 valence electrons. The van der Waals surface area contributed by atoms with E-state index in [1.807, 2.05) is 0 Å². The summed E-state index contributed by atoms with van der Waals surface area (Å²) in [5.41, 5.74) is 13.7. The third-order valence-electron chi connectivity index (χ3n) is 10.9. The largest absolute Gasteiger partial charge is 0.308 e. The van der Waals surface area contributed by atoms with Gasteiger partial charge in [-0.3, -0.25) is 0 Å². The molecule has 2 heterocycles. The molecular weight excluding hydrogens is 615 g/mol. The maximum Gasteiger partial charge on any atom is 0.0620 e. The molecule has 1 heteroatoms. The van der Waals surface area contributed by atoms with Gasteiger partial charge in [0.2, 0.25) is 0 Å². The number of rotatable bonds is 4. The number of hydrogen-bond donors (Lipinski definition) is 0. The van der Waals surface area contributed by atoms with Crippen molar-refractivity contribution < 1.29 is 0 Å². The molecule has 0 bridgehead atoms. The van der Waals surface area contributed by atoms with Gasteiger partial charge in [0.25, 0.3) is 0 Å². The lowest BCUT2D eigenvalue weighted by atomic mass is 9.94. The lowest BCUT2D eigenvalue weighted by Crippen LogP contribution is -1.86. The predicted molar refractivity (Wildman–Crippen MR) is 218 cm³/mol. The molecular formula is C50H31N. The van der Waals surface area contributed by atoms with Gasteiger partial charge in [0, 0.05) is 21.5 Å². The van der Waals surface area contributed by atoms with Crippen molar-refractivity contribution in [2.75, 3.05) is 0 Å². The van der Waals surface area contributed by atoms with Crippen molar-refractivity contribution in [1.29, 1.82) is 0 Å². The Labute approximate surface area is 295 Å². The molecule has 0 atom stereocenters. The lowest BCUT2D eigenvalue weighted by molar-refractivity contribution is 1.37. The van der Waals surface area contributed by atoms with E-state index in [2.05, 4.69) is 192 Å². The average Bonchev–Trinajstić information content (AvgIpc) is 3.74. The van der Waals surface area contributed by atoms with Gasteiger partial charge >= 0.3 is 0 Å². The van der Waals surface area contributed by atoms with Crippen LogP contribution in [0.2, 0.25) is 0 Å². The third-order valence-corrected chi connectivity index (χ3v) is 10.9. The Morgan fingerprint density at radius 3 is 1.14 bits per heavy atom. The van der Waals surface area contributed by atoms with Crippen molar-refractivity contribution in [2.45, 2.75) is 0 Å². The van der Waals surface area contributed by atoms with Crippen LogP contribution in [0, 0.1) is 0 Å². The minimum atomic E-state index is 1.23. The third kappa shape index (κ3) is 4.28. The maximum absolute atomic E-state index is 2.50. The number of benzene rings is 9. The number of para-hydroxylation sites is 1. The Hall–Kier alpha value is -6.70. The zero-order valence-electron chi connectivity index (χ0n) is 27.8. The monoisotopic (exact) mass is 645 g/mol. The number of hydrogen-bond acceptors (Lipinski definition) is 0. The summed E-state index contributed by atoms with van der Waals surface area (Å²) in [5.74, 6) is 0. The highest BCUT2D eigenvalue weighted by atomic mass is 14.9. The minimum Gasteiger partial charge on any atom is -0.308 e. The summed E-state index contributed by atoms with van der Waals surface area (Å²) in [6, 6.07) is 69.2. The van der Waals surface area contributed by atoms with Gasteiger partial charge in [0.15, 0.2) is 0 Å². The van der Waals surface area contributed by atoms with E-state index in [1.165, 1.54) is 104 Å². The highest BCUT2D eigenvalue weighted by molar-refractivity contribution is 6.28. The van der Waals surface area contributed by atoms with Crippen molar-refractivity contribution >= 4 is 59.6 Å². The van der Waals surface area contributed by atoms with Crippen LogP contribution in [-0.4, -0.2) is 4.40 Å². The van der Waals surface area contributed by atoms with E-state index in [9.17, 15) is 0 Å². The summed E-state index contributed by atoms with van der Waals surface area (Å²) in [4.78, 5) is 0. The standard InChI is InChI=1S/C50H31N/c1-3-10-38-30-40(28-22-32(38)8-1)34-18-24-36(25-19-34)42-12-6-16-46-48(42)44-14-5-15-45-49-43(13-7-17-47(49)51(46)50(44)45)37-26-20-35(21-27-37)41-29-23-33-9-2-4-11-39(33)31-41/h1-31H. The summed E-state index contributed by atoms with van der Waals surface area (Å²) in [6.45, 7) is 0. The van der Waals surface area contributed by atoms with Gasteiger partial charge in [-0.2, -0.15) is 0 Å². The molecule has 0 amide bonds. The second-order valence-corrected chi connectivity index (χ2v) is 13.7. The fraction of sp³-hybridized carbons (Fsp3) is 0. The van der Waals surface area contributed by atoms with Gasteiger partial charge < -0.3 is 4.40 Å². The molecule has 0 fully saturated rings. The summed E-state index contributed by atoms with van der Waals surface area (Å²) < 4.78 is 2.50. The number of aromatic nitrogens is 1. The fourth-order valence-electron chi connectivity index (χ4n) is 8.48. The number of fused-ring (bicyclic) bond motifs is 8. The summed E-state index contributed by atoms with van der Waals surface area (Å²) >= 11 is 0. The molecule has 0 aliphatic heterocycles. The molecule has 0 radical (unpaired) electrons. The van der Waals surface area contributed by atoms with Crippen LogP contribution in [0.25, 0.3) is 104 Å². The van der Waals surface area contributed by atoms with Crippen LogP contribution in [-0.2, 0) is 0 Å². The molecule has 0 N–H and O–H groups in total. The molecule has 1 nitrogen and oxygen atoms in total. The minimum absolute atomic E-state index is 1.23. The van der Waals surface area contributed by atoms with Crippen molar-refractivity contribution in [3.63, 3.8) is 0 Å². The Morgan fingerprint density at radius 1 is 0.275 bits per heavy atom. The van der Waals surface area contributed by atoms with E-state index in [1.54, 1.807) is 0 Å². The molecule has 0 saturated heterocycles. The Balaban J connectivity index is 1.03. The first-order chi connectivity index (χ1) is 25.3. The van der Waals surface area contributed by atoms with Crippen molar-refractivity contribution in [2.24, 2.45) is 0 Å². The van der Waals surface area contributed by atoms with E-state index in [-0.39, 0.29) is 0 Å². The molecule has 0 spiro atoms. The molecule has 11 aromatic rings. The zero-order valence-corrected chi connectivity index (χ0v) is 27.8. The van der Waals surface area contributed by atoms with Gasteiger partial charge in [0.05, 0.1) is 16.6 Å². The second-order valence-electron chi connectivity index (χ2n) is 13.7. The summed E-state index contributed by atoms with van der Waals surface area (Å²) in [7, 11) is 0. The van der Waals surface area contributed by atoms with Crippen molar-refractivity contribution in [3.8, 4) is 44.5 Å². The molecule has 0 saturated carbocycles. The van der Waals surface area contributed by atoms with Crippen LogP contribution >= 0.6 is 0 Å². The summed E-state index contributed by atoms with van der Waals surface area (Å²) in [5, 5.41) is 10.3. The smallest absolute Gasteiger partial charge is 0.0620 e. The normalized spacial score (nSPS) is 11.9. The van der Waals surface area contributed by atoms with Crippen LogP contribution < -0.4 is 0 Å². The molecule has 9 aromatic carbocycles. The molecule has 0 aliphatic carbocycles. The molecule has 2 aromatic heterocycles. The van der Waals surface area contributed by atoms with E-state index in [4.69, 9.17) is 0 Å². The van der Waals surface area contributed by atoms with Gasteiger partial charge in [-0.05, 0) is 90.3 Å². The fourth-order valence-corrected chi connectivity index (χ4v) is 8.48. The first kappa shape index (κ1) is 28.2. The molecule has 0 unspecified atom stereocenters. The predicted octanol–water partition coefficient (Wildman–Crippen LogP) is 13.8. The van der Waals surface area contributed by atoms with Gasteiger partial charge in [-0.1, -0.05) is 164 Å². The van der Waals surface area contributed by atoms with Crippen LogP contribution in [0.4, 0.5) is 0 Å². The zero-order chi connectivity index (χ0) is 33.5. The molecule has 51 heavy (non-hydrogen) atoms.